The largest absolute Gasteiger partial charge is 0.352 e. The van der Waals surface area contributed by atoms with Crippen LogP contribution < -0.4 is 10.6 Å². The molecule has 0 aliphatic heterocycles. The number of carbonyl (C=O) groups is 2. The fourth-order valence-electron chi connectivity index (χ4n) is 3.32. The lowest BCUT2D eigenvalue weighted by molar-refractivity contribution is -0.125. The van der Waals surface area contributed by atoms with Crippen molar-refractivity contribution in [3.63, 3.8) is 0 Å². The predicted octanol–water partition coefficient (Wildman–Crippen LogP) is 3.44. The Morgan fingerprint density at radius 1 is 1.12 bits per heavy atom. The molecule has 0 heterocycles. The minimum Gasteiger partial charge on any atom is -0.352 e. The third-order valence-electron chi connectivity index (χ3n) is 4.83. The average Bonchev–Trinajstić information content (AvgIpc) is 2.52. The van der Waals surface area contributed by atoms with E-state index in [4.69, 9.17) is 0 Å². The highest BCUT2D eigenvalue weighted by Crippen LogP contribution is 2.23. The first-order valence-corrected chi connectivity index (χ1v) is 9.04. The minimum atomic E-state index is -0.504. The van der Waals surface area contributed by atoms with E-state index >= 15 is 0 Å². The molecule has 2 rings (SSSR count). The fraction of sp³-hybridized carbons (Fsp3) is 0.600. The molecule has 2 amide bonds. The minimum absolute atomic E-state index is 0.0420. The second-order valence-electron chi connectivity index (χ2n) is 7.54. The van der Waals surface area contributed by atoms with E-state index in [1.54, 1.807) is 12.1 Å². The number of hydrogen-bond acceptors (Lipinski definition) is 2. The van der Waals surface area contributed by atoms with E-state index in [1.807, 2.05) is 32.9 Å². The van der Waals surface area contributed by atoms with Crippen LogP contribution in [0.5, 0.6) is 0 Å². The van der Waals surface area contributed by atoms with Gasteiger partial charge in [0.05, 0.1) is 0 Å². The van der Waals surface area contributed by atoms with Crippen molar-refractivity contribution in [1.29, 1.82) is 0 Å². The van der Waals surface area contributed by atoms with E-state index in [-0.39, 0.29) is 23.8 Å². The summed E-state index contributed by atoms with van der Waals surface area (Å²) in [4.78, 5) is 25.1. The summed E-state index contributed by atoms with van der Waals surface area (Å²) in [5, 5.41) is 6.04. The summed E-state index contributed by atoms with van der Waals surface area (Å²) in [5.41, 5.74) is 1.70. The Morgan fingerprint density at radius 3 is 2.38 bits per heavy atom. The molecule has 1 aromatic carbocycles. The molecule has 1 saturated carbocycles. The number of benzene rings is 1. The number of aryl methyl sites for hydroxylation is 1. The molecule has 1 fully saturated rings. The lowest BCUT2D eigenvalue weighted by Crippen LogP contribution is -2.52. The molecular formula is C20H30N2O2. The van der Waals surface area contributed by atoms with Gasteiger partial charge in [-0.15, -0.1) is 0 Å². The maximum atomic E-state index is 12.7. The van der Waals surface area contributed by atoms with Crippen molar-refractivity contribution >= 4 is 11.8 Å². The first-order chi connectivity index (χ1) is 11.4. The monoisotopic (exact) mass is 330 g/mol. The van der Waals surface area contributed by atoms with Crippen molar-refractivity contribution in [2.45, 2.75) is 65.5 Å². The van der Waals surface area contributed by atoms with Crippen LogP contribution in [-0.2, 0) is 4.79 Å². The molecule has 2 N–H and O–H groups in total. The van der Waals surface area contributed by atoms with Gasteiger partial charge in [-0.05, 0) is 43.7 Å². The average molecular weight is 330 g/mol. The van der Waals surface area contributed by atoms with Crippen LogP contribution in [0.4, 0.5) is 0 Å². The van der Waals surface area contributed by atoms with Crippen LogP contribution in [-0.4, -0.2) is 23.9 Å². The Labute approximate surface area is 145 Å². The summed E-state index contributed by atoms with van der Waals surface area (Å²) in [5.74, 6) is 0.439. The first kappa shape index (κ1) is 18.5. The Bertz CT molecular complexity index is 566. The predicted molar refractivity (Wildman–Crippen MR) is 96.8 cm³/mol. The van der Waals surface area contributed by atoms with Gasteiger partial charge in [0.2, 0.25) is 5.91 Å². The van der Waals surface area contributed by atoms with E-state index in [0.29, 0.717) is 11.5 Å². The van der Waals surface area contributed by atoms with Crippen molar-refractivity contribution in [3.8, 4) is 0 Å². The van der Waals surface area contributed by atoms with E-state index in [9.17, 15) is 9.59 Å². The molecule has 0 bridgehead atoms. The number of nitrogens with one attached hydrogen (secondary N) is 2. The van der Waals surface area contributed by atoms with Gasteiger partial charge in [-0.25, -0.2) is 0 Å². The van der Waals surface area contributed by atoms with Gasteiger partial charge >= 0.3 is 0 Å². The van der Waals surface area contributed by atoms with Gasteiger partial charge in [0.25, 0.3) is 5.91 Å². The van der Waals surface area contributed by atoms with Crippen LogP contribution >= 0.6 is 0 Å². The van der Waals surface area contributed by atoms with Crippen molar-refractivity contribution in [2.75, 3.05) is 0 Å². The number of rotatable bonds is 5. The molecule has 3 atom stereocenters. The fourth-order valence-corrected chi connectivity index (χ4v) is 3.32. The second kappa shape index (κ2) is 8.32. The Balaban J connectivity index is 1.98. The summed E-state index contributed by atoms with van der Waals surface area (Å²) < 4.78 is 0. The lowest BCUT2D eigenvalue weighted by atomic mass is 9.87. The van der Waals surface area contributed by atoms with Crippen molar-refractivity contribution in [3.05, 3.63) is 35.4 Å². The Hall–Kier alpha value is -1.84. The van der Waals surface area contributed by atoms with Gasteiger partial charge in [-0.1, -0.05) is 51.3 Å². The Morgan fingerprint density at radius 2 is 1.79 bits per heavy atom. The van der Waals surface area contributed by atoms with Crippen LogP contribution in [0.2, 0.25) is 0 Å². The molecule has 24 heavy (non-hydrogen) atoms. The first-order valence-electron chi connectivity index (χ1n) is 9.04. The molecule has 0 spiro atoms. The summed E-state index contributed by atoms with van der Waals surface area (Å²) in [7, 11) is 0. The second-order valence-corrected chi connectivity index (χ2v) is 7.54. The van der Waals surface area contributed by atoms with Gasteiger partial charge in [-0.3, -0.25) is 9.59 Å². The van der Waals surface area contributed by atoms with E-state index in [2.05, 4.69) is 17.6 Å². The molecule has 4 nitrogen and oxygen atoms in total. The van der Waals surface area contributed by atoms with Gasteiger partial charge in [0.1, 0.15) is 6.04 Å². The van der Waals surface area contributed by atoms with Crippen molar-refractivity contribution in [2.24, 2.45) is 11.8 Å². The molecule has 1 aromatic rings. The van der Waals surface area contributed by atoms with E-state index in [0.717, 1.165) is 24.8 Å². The molecule has 0 radical (unpaired) electrons. The molecule has 1 aliphatic rings. The van der Waals surface area contributed by atoms with Gasteiger partial charge < -0.3 is 10.6 Å². The van der Waals surface area contributed by atoms with Crippen LogP contribution in [0.3, 0.4) is 0 Å². The van der Waals surface area contributed by atoms with Crippen LogP contribution in [0.25, 0.3) is 0 Å². The molecule has 132 valence electrons. The topological polar surface area (TPSA) is 58.2 Å². The van der Waals surface area contributed by atoms with Crippen molar-refractivity contribution in [1.82, 2.24) is 10.6 Å². The van der Waals surface area contributed by atoms with Gasteiger partial charge in [0, 0.05) is 11.6 Å². The molecule has 4 heteroatoms. The lowest BCUT2D eigenvalue weighted by Gasteiger charge is -2.30. The summed E-state index contributed by atoms with van der Waals surface area (Å²) >= 11 is 0. The smallest absolute Gasteiger partial charge is 0.251 e. The highest BCUT2D eigenvalue weighted by molar-refractivity contribution is 5.97. The zero-order chi connectivity index (χ0) is 17.7. The number of amides is 2. The molecule has 0 saturated heterocycles. The SMILES string of the molecule is Cc1ccc(C(=O)NC(C(=O)NC2CCCC(C)C2)C(C)C)cc1. The van der Waals surface area contributed by atoms with Crippen molar-refractivity contribution < 1.29 is 9.59 Å². The molecule has 3 unspecified atom stereocenters. The van der Waals surface area contributed by atoms with E-state index in [1.165, 1.54) is 6.42 Å². The maximum absolute atomic E-state index is 12.7. The quantitative estimate of drug-likeness (QED) is 0.869. The summed E-state index contributed by atoms with van der Waals surface area (Å²) in [6, 6.07) is 7.13. The zero-order valence-corrected chi connectivity index (χ0v) is 15.3. The molecule has 1 aliphatic carbocycles. The zero-order valence-electron chi connectivity index (χ0n) is 15.3. The van der Waals surface area contributed by atoms with Gasteiger partial charge in [-0.2, -0.15) is 0 Å². The third kappa shape index (κ3) is 5.08. The van der Waals surface area contributed by atoms with Crippen LogP contribution in [0, 0.1) is 18.8 Å². The normalized spacial score (nSPS) is 22.0. The summed E-state index contributed by atoms with van der Waals surface area (Å²) in [6.45, 7) is 8.14. The standard InChI is InChI=1S/C20H30N2O2/c1-13(2)18(20(24)21-17-7-5-6-15(4)12-17)22-19(23)16-10-8-14(3)9-11-16/h8-11,13,15,17-18H,5-7,12H2,1-4H3,(H,21,24)(H,22,23). The Kier molecular flexibility index (Phi) is 6.41. The highest BCUT2D eigenvalue weighted by Gasteiger charge is 2.28. The maximum Gasteiger partial charge on any atom is 0.251 e. The van der Waals surface area contributed by atoms with E-state index < -0.39 is 6.04 Å². The summed E-state index contributed by atoms with van der Waals surface area (Å²) in [6.07, 6.45) is 4.47. The molecule has 0 aromatic heterocycles. The van der Waals surface area contributed by atoms with Crippen LogP contribution in [0.1, 0.15) is 62.4 Å². The number of carbonyl (C=O) groups excluding carboxylic acids is 2. The third-order valence-corrected chi connectivity index (χ3v) is 4.83. The molecular weight excluding hydrogens is 300 g/mol. The number of hydrogen-bond donors (Lipinski definition) is 2. The van der Waals surface area contributed by atoms with Crippen LogP contribution in [0.15, 0.2) is 24.3 Å². The van der Waals surface area contributed by atoms with Gasteiger partial charge in [0.15, 0.2) is 0 Å². The highest BCUT2D eigenvalue weighted by atomic mass is 16.2.